The maximum absolute atomic E-state index is 2.54. The van der Waals surface area contributed by atoms with Gasteiger partial charge in [-0.2, -0.15) is 0 Å². The van der Waals surface area contributed by atoms with Crippen molar-refractivity contribution in [2.75, 3.05) is 6.54 Å². The molecule has 0 fully saturated rings. The molecule has 2 rings (SSSR count). The Hall–Kier alpha value is -1.00. The zero-order valence-corrected chi connectivity index (χ0v) is 11.8. The van der Waals surface area contributed by atoms with Crippen LogP contribution >= 0.6 is 0 Å². The molecule has 2 aromatic rings. The van der Waals surface area contributed by atoms with Crippen molar-refractivity contribution in [2.45, 2.75) is 24.6 Å². The summed E-state index contributed by atoms with van der Waals surface area (Å²) in [6.07, 6.45) is 1.26. The van der Waals surface area contributed by atoms with Crippen LogP contribution in [0.25, 0.3) is 0 Å². The van der Waals surface area contributed by atoms with Gasteiger partial charge in [0.25, 0.3) is 0 Å². The molecule has 0 N–H and O–H groups in total. The van der Waals surface area contributed by atoms with Gasteiger partial charge in [-0.25, -0.2) is 0 Å². The van der Waals surface area contributed by atoms with E-state index < -0.39 is 0 Å². The van der Waals surface area contributed by atoms with Gasteiger partial charge in [0.1, 0.15) is 0 Å². The first-order valence-electron chi connectivity index (χ1n) is 7.18. The molecule has 0 unspecified atom stereocenters. The molecule has 0 saturated carbocycles. The van der Waals surface area contributed by atoms with Gasteiger partial charge < -0.3 is 0 Å². The van der Waals surface area contributed by atoms with E-state index in [4.69, 9.17) is 0 Å². The first-order chi connectivity index (χ1) is 9.38. The van der Waals surface area contributed by atoms with Crippen molar-refractivity contribution < 1.29 is 0 Å². The normalized spacial score (nSPS) is 10.9. The Bertz CT molecular complexity index is 414. The molecule has 0 bridgehead atoms. The maximum atomic E-state index is 2.54. The zero-order chi connectivity index (χ0) is 13.3. The molecular weight excluding hydrogens is 225 g/mol. The molecule has 0 heterocycles. The molecule has 0 spiro atoms. The minimum atomic E-state index is 1.04. The predicted molar refractivity (Wildman–Crippen MR) is 82.2 cm³/mol. The van der Waals surface area contributed by atoms with Crippen molar-refractivity contribution in [3.63, 3.8) is 0 Å². The number of rotatable bonds is 7. The van der Waals surface area contributed by atoms with Crippen LogP contribution in [0, 0.1) is 0 Å². The Morgan fingerprint density at radius 1 is 0.737 bits per heavy atom. The van der Waals surface area contributed by atoms with Gasteiger partial charge in [-0.15, -0.1) is 0 Å². The van der Waals surface area contributed by atoms with Gasteiger partial charge in [0.15, 0.2) is 0 Å². The van der Waals surface area contributed by atoms with Crippen LogP contribution in [-0.2, 0) is 13.1 Å². The summed E-state index contributed by atoms with van der Waals surface area (Å²) in [6.45, 7) is 3.24. The molecule has 2 aromatic carbocycles. The van der Waals surface area contributed by atoms with Crippen molar-refractivity contribution in [1.82, 2.24) is 4.90 Å². The van der Waals surface area contributed by atoms with Crippen LogP contribution in [0.1, 0.15) is 17.5 Å². The first-order valence-corrected chi connectivity index (χ1v) is 7.18. The summed E-state index contributed by atoms with van der Waals surface area (Å²) < 4.78 is 0. The fourth-order valence-electron chi connectivity index (χ4n) is 2.28. The minimum absolute atomic E-state index is 1.04. The van der Waals surface area contributed by atoms with Crippen molar-refractivity contribution in [2.24, 2.45) is 0 Å². The van der Waals surface area contributed by atoms with E-state index in [9.17, 15) is 0 Å². The second-order valence-corrected chi connectivity index (χ2v) is 5.04. The molecule has 0 aliphatic heterocycles. The third kappa shape index (κ3) is 5.25. The number of hydrogen-bond donors (Lipinski definition) is 0. The number of benzene rings is 2. The summed E-state index contributed by atoms with van der Waals surface area (Å²) >= 11 is 2.25. The molecule has 2 heteroatoms. The van der Waals surface area contributed by atoms with E-state index in [0.717, 1.165) is 13.1 Å². The fraction of sp³-hybridized carbons (Fsp3) is 0.294. The predicted octanol–water partition coefficient (Wildman–Crippen LogP) is 3.67. The molecule has 0 radical (unpaired) electrons. The average Bonchev–Trinajstić information content (AvgIpc) is 2.47. The van der Waals surface area contributed by atoms with Gasteiger partial charge in [0.2, 0.25) is 0 Å². The van der Waals surface area contributed by atoms with Crippen LogP contribution < -0.4 is 0 Å². The van der Waals surface area contributed by atoms with Crippen molar-refractivity contribution in [1.29, 1.82) is 0 Å². The summed E-state index contributed by atoms with van der Waals surface area (Å²) in [5.74, 6) is 0. The monoisotopic (exact) mass is 245 g/mol. The van der Waals surface area contributed by atoms with Gasteiger partial charge in [0, 0.05) is 0 Å². The van der Waals surface area contributed by atoms with Crippen LogP contribution in [0.5, 0.6) is 0 Å². The number of nitrogens with zero attached hydrogens (tertiary/aromatic N) is 1. The SMILES string of the molecule is [Li][CH2]CCN(Cc1ccccc1)Cc1ccccc1. The van der Waals surface area contributed by atoms with E-state index in [1.54, 1.807) is 0 Å². The van der Waals surface area contributed by atoms with Crippen LogP contribution in [-0.4, -0.2) is 29.2 Å². The molecule has 0 aromatic heterocycles. The van der Waals surface area contributed by atoms with E-state index in [1.165, 1.54) is 29.2 Å². The van der Waals surface area contributed by atoms with Crippen LogP contribution in [0.2, 0.25) is 5.09 Å². The zero-order valence-electron chi connectivity index (χ0n) is 11.8. The van der Waals surface area contributed by atoms with Crippen LogP contribution in [0.3, 0.4) is 0 Å². The summed E-state index contributed by atoms with van der Waals surface area (Å²) in [5, 5.41) is 1.25. The van der Waals surface area contributed by atoms with Gasteiger partial charge in [-0.3, -0.25) is 0 Å². The summed E-state index contributed by atoms with van der Waals surface area (Å²) in [7, 11) is 0. The fourth-order valence-corrected chi connectivity index (χ4v) is 2.28. The van der Waals surface area contributed by atoms with E-state index in [-0.39, 0.29) is 0 Å². The standard InChI is InChI=1S/C17H20N.Li/c1-2-13-18(14-16-9-5-3-6-10-16)15-17-11-7-4-8-12-17;/h3-12H,1-2,13-15H2;. The molecule has 19 heavy (non-hydrogen) atoms. The quantitative estimate of drug-likeness (QED) is 0.673. The third-order valence-electron chi connectivity index (χ3n) is 3.33. The molecule has 0 saturated heterocycles. The first kappa shape index (κ1) is 14.4. The topological polar surface area (TPSA) is 3.24 Å². The van der Waals surface area contributed by atoms with Gasteiger partial charge >= 0.3 is 126 Å². The van der Waals surface area contributed by atoms with Crippen molar-refractivity contribution in [3.05, 3.63) is 71.8 Å². The van der Waals surface area contributed by atoms with Gasteiger partial charge in [-0.1, -0.05) is 0 Å². The van der Waals surface area contributed by atoms with E-state index in [1.807, 2.05) is 0 Å². The van der Waals surface area contributed by atoms with E-state index >= 15 is 0 Å². The Morgan fingerprint density at radius 3 is 1.63 bits per heavy atom. The summed E-state index contributed by atoms with van der Waals surface area (Å²) in [6, 6.07) is 21.5. The van der Waals surface area contributed by atoms with Gasteiger partial charge in [-0.05, 0) is 0 Å². The van der Waals surface area contributed by atoms with Crippen LogP contribution in [0.15, 0.2) is 60.7 Å². The number of hydrogen-bond acceptors (Lipinski definition) is 1. The van der Waals surface area contributed by atoms with Crippen molar-refractivity contribution in [3.8, 4) is 0 Å². The van der Waals surface area contributed by atoms with E-state index in [2.05, 4.69) is 83.3 Å². The average molecular weight is 245 g/mol. The molecule has 0 atom stereocenters. The molecule has 0 aliphatic carbocycles. The summed E-state index contributed by atoms with van der Waals surface area (Å²) in [5.41, 5.74) is 2.80. The van der Waals surface area contributed by atoms with Gasteiger partial charge in [0.05, 0.1) is 0 Å². The summed E-state index contributed by atoms with van der Waals surface area (Å²) in [4.78, 5) is 2.54. The Morgan fingerprint density at radius 2 is 1.21 bits per heavy atom. The van der Waals surface area contributed by atoms with Crippen LogP contribution in [0.4, 0.5) is 0 Å². The molecule has 0 amide bonds. The third-order valence-corrected chi connectivity index (χ3v) is 3.33. The second-order valence-electron chi connectivity index (χ2n) is 5.04. The van der Waals surface area contributed by atoms with E-state index in [0.29, 0.717) is 0 Å². The van der Waals surface area contributed by atoms with Crippen molar-refractivity contribution >= 4 is 17.7 Å². The molecule has 94 valence electrons. The Balaban J connectivity index is 1.99. The second kappa shape index (κ2) is 8.22. The molecular formula is C17H20LiN. The Labute approximate surface area is 125 Å². The Kier molecular flexibility index (Phi) is 6.24. The molecule has 1 nitrogen and oxygen atoms in total. The molecule has 0 aliphatic rings.